The molecule has 0 bridgehead atoms. The Balaban J connectivity index is 2.01. The predicted octanol–water partition coefficient (Wildman–Crippen LogP) is 5.09. The van der Waals surface area contributed by atoms with E-state index >= 15 is 0 Å². The van der Waals surface area contributed by atoms with Gasteiger partial charge in [0, 0.05) is 6.61 Å². The molecule has 0 spiro atoms. The van der Waals surface area contributed by atoms with E-state index in [1.54, 1.807) is 0 Å². The molecule has 0 aliphatic carbocycles. The average Bonchev–Trinajstić information content (AvgIpc) is 2.72. The van der Waals surface area contributed by atoms with Crippen molar-refractivity contribution in [1.82, 2.24) is 0 Å². The van der Waals surface area contributed by atoms with E-state index in [9.17, 15) is 0 Å². The molecule has 1 aliphatic rings. The summed E-state index contributed by atoms with van der Waals surface area (Å²) in [6.45, 7) is 0.908. The highest BCUT2D eigenvalue weighted by Gasteiger charge is 2.46. The highest BCUT2D eigenvalue weighted by molar-refractivity contribution is 6.58. The van der Waals surface area contributed by atoms with Crippen molar-refractivity contribution in [1.29, 1.82) is 0 Å². The van der Waals surface area contributed by atoms with E-state index in [0.29, 0.717) is 0 Å². The van der Waals surface area contributed by atoms with Crippen molar-refractivity contribution in [2.24, 2.45) is 0 Å². The summed E-state index contributed by atoms with van der Waals surface area (Å²) in [5.41, 5.74) is 4.10. The molecule has 0 radical (unpaired) electrons. The van der Waals surface area contributed by atoms with Crippen LogP contribution in [0.2, 0.25) is 6.04 Å². The third-order valence-electron chi connectivity index (χ3n) is 5.35. The lowest BCUT2D eigenvalue weighted by atomic mass is 9.84. The predicted molar refractivity (Wildman–Crippen MR) is 106 cm³/mol. The Labute approximate surface area is 152 Å². The lowest BCUT2D eigenvalue weighted by molar-refractivity contribution is 0.275. The smallest absolute Gasteiger partial charge is 0.196 e. The van der Waals surface area contributed by atoms with Crippen LogP contribution in [0.3, 0.4) is 0 Å². The number of rotatable bonds is 4. The summed E-state index contributed by atoms with van der Waals surface area (Å²) >= 11 is 0. The Morgan fingerprint density at radius 3 is 1.40 bits per heavy atom. The van der Waals surface area contributed by atoms with Crippen molar-refractivity contribution in [2.45, 2.75) is 23.9 Å². The number of hydrogen-bond donors (Lipinski definition) is 0. The molecule has 0 amide bonds. The molecule has 1 heterocycles. The monoisotopic (exact) mass is 344 g/mol. The van der Waals surface area contributed by atoms with Crippen molar-refractivity contribution in [3.8, 4) is 0 Å². The Bertz CT molecular complexity index is 683. The number of benzene rings is 3. The van der Waals surface area contributed by atoms with Gasteiger partial charge in [-0.05, 0) is 29.2 Å². The fraction of sp³-hybridized carbons (Fsp3) is 0.217. The van der Waals surface area contributed by atoms with Gasteiger partial charge in [0.25, 0.3) is 0 Å². The van der Waals surface area contributed by atoms with E-state index in [0.717, 1.165) is 6.61 Å². The van der Waals surface area contributed by atoms with E-state index in [4.69, 9.17) is 4.43 Å². The highest BCUT2D eigenvalue weighted by Crippen LogP contribution is 2.44. The Morgan fingerprint density at radius 2 is 1.04 bits per heavy atom. The molecule has 4 rings (SSSR count). The third kappa shape index (κ3) is 2.96. The summed E-state index contributed by atoms with van der Waals surface area (Å²) in [6.07, 6.45) is 2.48. The third-order valence-corrected chi connectivity index (χ3v) is 8.89. The molecule has 2 heteroatoms. The van der Waals surface area contributed by atoms with Gasteiger partial charge in [-0.1, -0.05) is 97.4 Å². The summed E-state index contributed by atoms with van der Waals surface area (Å²) in [5, 5.41) is -0.135. The van der Waals surface area contributed by atoms with E-state index in [1.807, 2.05) is 0 Å². The summed E-state index contributed by atoms with van der Waals surface area (Å²) in [5.74, 6) is 0. The largest absolute Gasteiger partial charge is 0.418 e. The van der Waals surface area contributed by atoms with Crippen LogP contribution >= 0.6 is 0 Å². The summed E-state index contributed by atoms with van der Waals surface area (Å²) in [7, 11) is -1.56. The molecule has 3 aromatic carbocycles. The van der Waals surface area contributed by atoms with Crippen LogP contribution in [-0.2, 0) is 9.46 Å². The SMILES string of the molecule is c1ccc(C(c2ccccc2)(c2ccccc2)[SiH]2CCCCO2)cc1. The standard InChI is InChI=1S/C23H24OSi/c1-4-12-20(13-5-1)23(21-14-6-2-7-15-21,22-16-8-3-9-17-22)25-19-11-10-18-24-25/h1-9,12-17,25H,10-11,18-19H2. The van der Waals surface area contributed by atoms with Gasteiger partial charge in [-0.15, -0.1) is 0 Å². The quantitative estimate of drug-likeness (QED) is 0.473. The van der Waals surface area contributed by atoms with Gasteiger partial charge in [-0.2, -0.15) is 0 Å². The van der Waals surface area contributed by atoms with Crippen molar-refractivity contribution in [3.63, 3.8) is 0 Å². The molecule has 1 atom stereocenters. The first-order chi connectivity index (χ1) is 12.4. The van der Waals surface area contributed by atoms with Crippen molar-refractivity contribution < 1.29 is 4.43 Å². The van der Waals surface area contributed by atoms with E-state index < -0.39 is 9.04 Å². The molecule has 1 aliphatic heterocycles. The molecule has 126 valence electrons. The molecule has 0 aromatic heterocycles. The van der Waals surface area contributed by atoms with Gasteiger partial charge in [0.05, 0.1) is 5.04 Å². The molecular formula is C23H24OSi. The maximum Gasteiger partial charge on any atom is 0.196 e. The first-order valence-corrected chi connectivity index (χ1v) is 11.1. The van der Waals surface area contributed by atoms with Crippen molar-refractivity contribution >= 4 is 9.04 Å². The molecule has 3 aromatic rings. The van der Waals surface area contributed by atoms with Crippen LogP contribution in [0.5, 0.6) is 0 Å². The fourth-order valence-electron chi connectivity index (χ4n) is 4.24. The Kier molecular flexibility index (Phi) is 4.82. The molecule has 0 saturated carbocycles. The first-order valence-electron chi connectivity index (χ1n) is 9.20. The van der Waals surface area contributed by atoms with Crippen LogP contribution in [0, 0.1) is 0 Å². The van der Waals surface area contributed by atoms with Gasteiger partial charge in [-0.3, -0.25) is 0 Å². The van der Waals surface area contributed by atoms with Crippen LogP contribution in [-0.4, -0.2) is 15.6 Å². The summed E-state index contributed by atoms with van der Waals surface area (Å²) in [6, 6.07) is 34.2. The van der Waals surface area contributed by atoms with Gasteiger partial charge in [0.2, 0.25) is 0 Å². The number of hydrogen-bond acceptors (Lipinski definition) is 1. The molecule has 1 fully saturated rings. The van der Waals surface area contributed by atoms with Crippen LogP contribution in [0.1, 0.15) is 29.5 Å². The van der Waals surface area contributed by atoms with Gasteiger partial charge in [0.15, 0.2) is 9.04 Å². The van der Waals surface area contributed by atoms with Crippen LogP contribution in [0.4, 0.5) is 0 Å². The van der Waals surface area contributed by atoms with Crippen LogP contribution in [0.25, 0.3) is 0 Å². The molecule has 25 heavy (non-hydrogen) atoms. The zero-order chi connectivity index (χ0) is 17.0. The van der Waals surface area contributed by atoms with Crippen LogP contribution in [0.15, 0.2) is 91.0 Å². The molecule has 0 N–H and O–H groups in total. The second-order valence-corrected chi connectivity index (χ2v) is 9.52. The zero-order valence-electron chi connectivity index (χ0n) is 14.5. The minimum Gasteiger partial charge on any atom is -0.418 e. The summed E-state index contributed by atoms with van der Waals surface area (Å²) < 4.78 is 6.55. The van der Waals surface area contributed by atoms with E-state index in [1.165, 1.54) is 35.6 Å². The molecule has 1 saturated heterocycles. The van der Waals surface area contributed by atoms with Gasteiger partial charge < -0.3 is 4.43 Å². The van der Waals surface area contributed by atoms with Gasteiger partial charge in [0.1, 0.15) is 0 Å². The second-order valence-electron chi connectivity index (χ2n) is 6.76. The lowest BCUT2D eigenvalue weighted by Crippen LogP contribution is -2.48. The maximum absolute atomic E-state index is 6.55. The highest BCUT2D eigenvalue weighted by atomic mass is 28.3. The minimum absolute atomic E-state index is 0.135. The lowest BCUT2D eigenvalue weighted by Gasteiger charge is -2.43. The van der Waals surface area contributed by atoms with Crippen molar-refractivity contribution in [3.05, 3.63) is 108 Å². The maximum atomic E-state index is 6.55. The topological polar surface area (TPSA) is 9.23 Å². The van der Waals surface area contributed by atoms with Gasteiger partial charge >= 0.3 is 0 Å². The van der Waals surface area contributed by atoms with Crippen LogP contribution < -0.4 is 0 Å². The van der Waals surface area contributed by atoms with E-state index in [2.05, 4.69) is 91.0 Å². The zero-order valence-corrected chi connectivity index (χ0v) is 15.6. The Morgan fingerprint density at radius 1 is 0.600 bits per heavy atom. The summed E-state index contributed by atoms with van der Waals surface area (Å²) in [4.78, 5) is 0. The second kappa shape index (κ2) is 7.38. The van der Waals surface area contributed by atoms with Crippen molar-refractivity contribution in [2.75, 3.05) is 6.61 Å². The normalized spacial score (nSPS) is 18.0. The van der Waals surface area contributed by atoms with Gasteiger partial charge in [-0.25, -0.2) is 0 Å². The molecular weight excluding hydrogens is 320 g/mol. The van der Waals surface area contributed by atoms with E-state index in [-0.39, 0.29) is 5.04 Å². The first kappa shape index (κ1) is 16.3. The Hall–Kier alpha value is -2.16. The fourth-order valence-corrected chi connectivity index (χ4v) is 7.90. The average molecular weight is 345 g/mol. The molecule has 1 unspecified atom stereocenters. The molecule has 1 nitrogen and oxygen atoms in total. The minimum atomic E-state index is -1.56.